The second-order valence-corrected chi connectivity index (χ2v) is 8.82. The lowest BCUT2D eigenvalue weighted by Gasteiger charge is -2.12. The number of thiazole rings is 1. The van der Waals surface area contributed by atoms with E-state index in [1.807, 2.05) is 84.6 Å². The number of amides is 2. The molecule has 2 N–H and O–H groups in total. The van der Waals surface area contributed by atoms with Gasteiger partial charge in [-0.05, 0) is 54.6 Å². The molecule has 0 aliphatic carbocycles. The molecule has 0 spiro atoms. The first-order chi connectivity index (χ1) is 15.5. The fourth-order valence-corrected chi connectivity index (χ4v) is 4.55. The molecule has 2 aromatic carbocycles. The highest BCUT2D eigenvalue weighted by Crippen LogP contribution is 2.27. The number of nitrogens with zero attached hydrogens (tertiary/aromatic N) is 1. The number of hydrogen-bond donors (Lipinski definition) is 2. The number of hydrogen-bond acceptors (Lipinski definition) is 5. The average Bonchev–Trinajstić information content (AvgIpc) is 3.47. The van der Waals surface area contributed by atoms with Crippen LogP contribution in [0, 0.1) is 13.8 Å². The van der Waals surface area contributed by atoms with Crippen LogP contribution in [0.4, 0.5) is 11.4 Å². The van der Waals surface area contributed by atoms with Gasteiger partial charge in [-0.3, -0.25) is 9.59 Å². The number of rotatable bonds is 6. The van der Waals surface area contributed by atoms with Crippen molar-refractivity contribution >= 4 is 51.9 Å². The topological polar surface area (TPSA) is 71.1 Å². The molecule has 0 saturated heterocycles. The van der Waals surface area contributed by atoms with E-state index in [2.05, 4.69) is 15.6 Å². The second-order valence-electron chi connectivity index (χ2n) is 7.19. The van der Waals surface area contributed by atoms with Crippen LogP contribution in [0.25, 0.3) is 16.6 Å². The molecule has 2 amide bonds. The number of carbonyl (C=O) groups excluding carboxylic acids is 2. The minimum absolute atomic E-state index is 0.0151. The zero-order valence-corrected chi connectivity index (χ0v) is 19.2. The van der Waals surface area contributed by atoms with Crippen molar-refractivity contribution in [2.24, 2.45) is 0 Å². The molecule has 0 radical (unpaired) electrons. The number of nitrogens with one attached hydrogen (secondary N) is 2. The fourth-order valence-electron chi connectivity index (χ4n) is 3.06. The van der Waals surface area contributed by atoms with E-state index >= 15 is 0 Å². The highest BCUT2D eigenvalue weighted by atomic mass is 32.1. The monoisotopic (exact) mass is 459 g/mol. The maximum Gasteiger partial charge on any atom is 0.261 e. The summed E-state index contributed by atoms with van der Waals surface area (Å²) in [5.41, 5.74) is 4.70. The molecule has 5 nitrogen and oxygen atoms in total. The minimum atomic E-state index is -0.490. The van der Waals surface area contributed by atoms with Crippen molar-refractivity contribution in [2.75, 3.05) is 10.6 Å². The van der Waals surface area contributed by atoms with E-state index in [1.54, 1.807) is 11.3 Å². The summed E-state index contributed by atoms with van der Waals surface area (Å²) in [6.07, 6.45) is 1.54. The molecule has 32 heavy (non-hydrogen) atoms. The Morgan fingerprint density at radius 1 is 0.844 bits per heavy atom. The third kappa shape index (κ3) is 5.01. The summed E-state index contributed by atoms with van der Waals surface area (Å²) in [6, 6.07) is 16.9. The number of aromatic nitrogens is 1. The van der Waals surface area contributed by atoms with Gasteiger partial charge < -0.3 is 10.6 Å². The van der Waals surface area contributed by atoms with Gasteiger partial charge in [0.05, 0.1) is 5.69 Å². The Morgan fingerprint density at radius 2 is 1.44 bits per heavy atom. The summed E-state index contributed by atoms with van der Waals surface area (Å²) < 4.78 is 0. The zero-order valence-electron chi connectivity index (χ0n) is 17.6. The van der Waals surface area contributed by atoms with E-state index < -0.39 is 11.8 Å². The minimum Gasteiger partial charge on any atom is -0.322 e. The maximum absolute atomic E-state index is 13.2. The first kappa shape index (κ1) is 21.7. The van der Waals surface area contributed by atoms with Gasteiger partial charge in [0, 0.05) is 27.7 Å². The standard InChI is InChI=1S/C25H21N3O2S2/c1-16-7-3-5-9-21(16)27-23(29)20(24(30)28-22-10-6-4-8-17(22)2)13-19-15-32-25(26-19)18-11-12-31-14-18/h3-15H,1-2H3,(H,27,29)(H,28,30). The van der Waals surface area contributed by atoms with Gasteiger partial charge in [0.25, 0.3) is 11.8 Å². The maximum atomic E-state index is 13.2. The molecule has 2 heterocycles. The summed E-state index contributed by atoms with van der Waals surface area (Å²) in [6.45, 7) is 3.81. The largest absolute Gasteiger partial charge is 0.322 e. The summed E-state index contributed by atoms with van der Waals surface area (Å²) >= 11 is 3.07. The molecule has 0 atom stereocenters. The van der Waals surface area contributed by atoms with E-state index in [4.69, 9.17) is 0 Å². The Balaban J connectivity index is 1.66. The Morgan fingerprint density at radius 3 is 1.97 bits per heavy atom. The number of carbonyl (C=O) groups is 2. The van der Waals surface area contributed by atoms with Gasteiger partial charge in [-0.25, -0.2) is 4.98 Å². The first-order valence-corrected chi connectivity index (χ1v) is 11.8. The summed E-state index contributed by atoms with van der Waals surface area (Å²) in [4.78, 5) is 30.9. The normalized spacial score (nSPS) is 10.4. The van der Waals surface area contributed by atoms with Gasteiger partial charge in [-0.15, -0.1) is 11.3 Å². The Bertz CT molecular complexity index is 1230. The predicted octanol–water partition coefficient (Wildman–Crippen LogP) is 6.15. The summed E-state index contributed by atoms with van der Waals surface area (Å²) in [5.74, 6) is -0.981. The smallest absolute Gasteiger partial charge is 0.261 e. The van der Waals surface area contributed by atoms with Crippen LogP contribution in [0.15, 0.2) is 76.3 Å². The van der Waals surface area contributed by atoms with Crippen LogP contribution in [-0.4, -0.2) is 16.8 Å². The van der Waals surface area contributed by atoms with Crippen LogP contribution in [0.2, 0.25) is 0 Å². The number of para-hydroxylation sites is 2. The van der Waals surface area contributed by atoms with Crippen molar-refractivity contribution in [1.82, 2.24) is 4.98 Å². The molecule has 7 heteroatoms. The molecule has 160 valence electrons. The van der Waals surface area contributed by atoms with Crippen LogP contribution < -0.4 is 10.6 Å². The Hall–Kier alpha value is -3.55. The van der Waals surface area contributed by atoms with Crippen molar-refractivity contribution < 1.29 is 9.59 Å². The molecule has 0 unspecified atom stereocenters. The quantitative estimate of drug-likeness (QED) is 0.206. The molecule has 4 rings (SSSR count). The van der Waals surface area contributed by atoms with E-state index in [-0.39, 0.29) is 5.57 Å². The van der Waals surface area contributed by atoms with Crippen LogP contribution in [-0.2, 0) is 9.59 Å². The lowest BCUT2D eigenvalue weighted by molar-refractivity contribution is -0.118. The van der Waals surface area contributed by atoms with E-state index in [0.29, 0.717) is 17.1 Å². The van der Waals surface area contributed by atoms with Crippen LogP contribution in [0.5, 0.6) is 0 Å². The third-order valence-corrected chi connectivity index (χ3v) is 6.45. The molecule has 0 aliphatic heterocycles. The lowest BCUT2D eigenvalue weighted by Crippen LogP contribution is -2.26. The molecule has 0 bridgehead atoms. The SMILES string of the molecule is Cc1ccccc1NC(=O)C(=Cc1csc(-c2ccsc2)n1)C(=O)Nc1ccccc1C. The van der Waals surface area contributed by atoms with Gasteiger partial charge in [-0.1, -0.05) is 36.4 Å². The Labute approximate surface area is 194 Å². The molecule has 2 aromatic heterocycles. The van der Waals surface area contributed by atoms with Crippen molar-refractivity contribution in [3.05, 3.63) is 93.1 Å². The molecule has 4 aromatic rings. The van der Waals surface area contributed by atoms with Crippen LogP contribution >= 0.6 is 22.7 Å². The van der Waals surface area contributed by atoms with Crippen molar-refractivity contribution in [1.29, 1.82) is 0 Å². The number of thiophene rings is 1. The summed E-state index contributed by atoms with van der Waals surface area (Å²) in [5, 5.41) is 12.4. The number of aryl methyl sites for hydroxylation is 2. The average molecular weight is 460 g/mol. The summed E-state index contributed by atoms with van der Waals surface area (Å²) in [7, 11) is 0. The van der Waals surface area contributed by atoms with Crippen LogP contribution in [0.3, 0.4) is 0 Å². The van der Waals surface area contributed by atoms with Crippen molar-refractivity contribution in [3.8, 4) is 10.6 Å². The molecular weight excluding hydrogens is 438 g/mol. The Kier molecular flexibility index (Phi) is 6.58. The second kappa shape index (κ2) is 9.72. The predicted molar refractivity (Wildman–Crippen MR) is 133 cm³/mol. The van der Waals surface area contributed by atoms with Crippen LogP contribution in [0.1, 0.15) is 16.8 Å². The third-order valence-electron chi connectivity index (χ3n) is 4.86. The molecule has 0 saturated carbocycles. The van der Waals surface area contributed by atoms with Gasteiger partial charge >= 0.3 is 0 Å². The van der Waals surface area contributed by atoms with Crippen molar-refractivity contribution in [3.63, 3.8) is 0 Å². The first-order valence-electron chi connectivity index (χ1n) is 9.95. The lowest BCUT2D eigenvalue weighted by atomic mass is 10.1. The number of anilines is 2. The molecular formula is C25H21N3O2S2. The molecule has 0 fully saturated rings. The highest BCUT2D eigenvalue weighted by molar-refractivity contribution is 7.14. The van der Waals surface area contributed by atoms with E-state index in [9.17, 15) is 9.59 Å². The number of benzene rings is 2. The van der Waals surface area contributed by atoms with Gasteiger partial charge in [0.15, 0.2) is 0 Å². The highest BCUT2D eigenvalue weighted by Gasteiger charge is 2.21. The van der Waals surface area contributed by atoms with Gasteiger partial charge in [0.1, 0.15) is 10.6 Å². The molecule has 0 aliphatic rings. The zero-order chi connectivity index (χ0) is 22.5. The van der Waals surface area contributed by atoms with Crippen molar-refractivity contribution in [2.45, 2.75) is 13.8 Å². The van der Waals surface area contributed by atoms with E-state index in [0.717, 1.165) is 21.7 Å². The van der Waals surface area contributed by atoms with Gasteiger partial charge in [0.2, 0.25) is 0 Å². The van der Waals surface area contributed by atoms with E-state index in [1.165, 1.54) is 17.4 Å². The van der Waals surface area contributed by atoms with Gasteiger partial charge in [-0.2, -0.15) is 11.3 Å². The fraction of sp³-hybridized carbons (Fsp3) is 0.0800.